The van der Waals surface area contributed by atoms with Gasteiger partial charge >= 0.3 is 0 Å². The van der Waals surface area contributed by atoms with E-state index in [0.717, 1.165) is 6.54 Å². The molecular weight excluding hydrogens is 330 g/mol. The van der Waals surface area contributed by atoms with Crippen LogP contribution in [0.2, 0.25) is 0 Å². The van der Waals surface area contributed by atoms with Crippen LogP contribution in [0.3, 0.4) is 0 Å². The molecule has 2 N–H and O–H groups in total. The van der Waals surface area contributed by atoms with Gasteiger partial charge in [0.25, 0.3) is 0 Å². The van der Waals surface area contributed by atoms with Gasteiger partial charge in [-0.3, -0.25) is 19.2 Å². The van der Waals surface area contributed by atoms with E-state index in [0.29, 0.717) is 26.2 Å². The lowest BCUT2D eigenvalue weighted by Gasteiger charge is -2.35. The van der Waals surface area contributed by atoms with E-state index in [1.807, 2.05) is 24.4 Å². The van der Waals surface area contributed by atoms with Crippen molar-refractivity contribution in [3.05, 3.63) is 53.9 Å². The van der Waals surface area contributed by atoms with Gasteiger partial charge in [-0.2, -0.15) is 5.10 Å². The Morgan fingerprint density at radius 2 is 2.19 bits per heavy atom. The number of aryl methyl sites for hydroxylation is 1. The van der Waals surface area contributed by atoms with Crippen molar-refractivity contribution in [1.82, 2.24) is 25.3 Å². The second-order valence-corrected chi connectivity index (χ2v) is 6.53. The van der Waals surface area contributed by atoms with E-state index in [-0.39, 0.29) is 18.2 Å². The number of amides is 2. The van der Waals surface area contributed by atoms with Gasteiger partial charge in [0.05, 0.1) is 19.0 Å². The number of benzene rings is 1. The molecule has 1 aliphatic heterocycles. The molecule has 138 valence electrons. The van der Waals surface area contributed by atoms with Crippen LogP contribution >= 0.6 is 0 Å². The molecule has 1 atom stereocenters. The molecule has 0 bridgehead atoms. The average molecular weight is 355 g/mol. The second kappa shape index (κ2) is 8.62. The number of aromatic nitrogens is 2. The molecule has 0 aliphatic carbocycles. The Labute approximate surface area is 153 Å². The van der Waals surface area contributed by atoms with Crippen molar-refractivity contribution in [3.63, 3.8) is 0 Å². The third kappa shape index (κ3) is 4.70. The summed E-state index contributed by atoms with van der Waals surface area (Å²) in [5.41, 5.74) is 2.38. The first kappa shape index (κ1) is 18.1. The maximum atomic E-state index is 12.3. The maximum Gasteiger partial charge on any atom is 0.237 e. The van der Waals surface area contributed by atoms with Gasteiger partial charge in [-0.05, 0) is 24.1 Å². The fourth-order valence-corrected chi connectivity index (χ4v) is 3.17. The summed E-state index contributed by atoms with van der Waals surface area (Å²) in [5, 5.41) is 9.85. The van der Waals surface area contributed by atoms with E-state index in [4.69, 9.17) is 0 Å². The Bertz CT molecular complexity index is 744. The fraction of sp³-hybridized carbons (Fsp3) is 0.421. The molecule has 0 spiro atoms. The molecule has 1 aromatic heterocycles. The van der Waals surface area contributed by atoms with E-state index in [9.17, 15) is 9.59 Å². The van der Waals surface area contributed by atoms with E-state index < -0.39 is 6.04 Å². The first-order chi connectivity index (χ1) is 12.6. The predicted octanol–water partition coefficient (Wildman–Crippen LogP) is 0.698. The smallest absolute Gasteiger partial charge is 0.237 e. The van der Waals surface area contributed by atoms with Crippen molar-refractivity contribution in [2.24, 2.45) is 0 Å². The van der Waals surface area contributed by atoms with Crippen LogP contribution in [0.4, 0.5) is 0 Å². The van der Waals surface area contributed by atoms with Crippen LogP contribution in [0.1, 0.15) is 17.5 Å². The molecule has 7 heteroatoms. The molecule has 2 aromatic rings. The van der Waals surface area contributed by atoms with Gasteiger partial charge < -0.3 is 10.6 Å². The number of rotatable bonds is 7. The van der Waals surface area contributed by atoms with Gasteiger partial charge in [0, 0.05) is 38.6 Å². The third-order valence-corrected chi connectivity index (χ3v) is 4.68. The van der Waals surface area contributed by atoms with Crippen molar-refractivity contribution in [2.75, 3.05) is 19.6 Å². The molecule has 7 nitrogen and oxygen atoms in total. The van der Waals surface area contributed by atoms with E-state index in [2.05, 4.69) is 39.7 Å². The molecule has 2 amide bonds. The summed E-state index contributed by atoms with van der Waals surface area (Å²) in [6.45, 7) is 5.20. The lowest BCUT2D eigenvalue weighted by atomic mass is 10.0. The molecule has 1 unspecified atom stereocenters. The fourth-order valence-electron chi connectivity index (χ4n) is 3.17. The number of hydrogen-bond donors (Lipinski definition) is 2. The van der Waals surface area contributed by atoms with Crippen molar-refractivity contribution >= 4 is 11.8 Å². The van der Waals surface area contributed by atoms with Crippen molar-refractivity contribution < 1.29 is 9.59 Å². The highest BCUT2D eigenvalue weighted by atomic mass is 16.2. The highest BCUT2D eigenvalue weighted by Crippen LogP contribution is 2.16. The lowest BCUT2D eigenvalue weighted by Crippen LogP contribution is -2.56. The minimum atomic E-state index is -0.437. The zero-order chi connectivity index (χ0) is 18.4. The predicted molar refractivity (Wildman–Crippen MR) is 98.2 cm³/mol. The topological polar surface area (TPSA) is 79.3 Å². The SMILES string of the molecule is Cc1ccccc1CN1CCNC(=O)C1CC(=O)NCCn1cccn1. The monoisotopic (exact) mass is 355 g/mol. The molecule has 1 aliphatic rings. The average Bonchev–Trinajstić information content (AvgIpc) is 3.13. The van der Waals surface area contributed by atoms with Crippen LogP contribution in [0.25, 0.3) is 0 Å². The van der Waals surface area contributed by atoms with E-state index in [1.165, 1.54) is 11.1 Å². The zero-order valence-corrected chi connectivity index (χ0v) is 15.0. The molecule has 3 rings (SSSR count). The van der Waals surface area contributed by atoms with Crippen LogP contribution < -0.4 is 10.6 Å². The number of nitrogens with one attached hydrogen (secondary N) is 2. The first-order valence-corrected chi connectivity index (χ1v) is 8.94. The van der Waals surface area contributed by atoms with Crippen molar-refractivity contribution in [2.45, 2.75) is 32.5 Å². The standard InChI is InChI=1S/C19H25N5O2/c1-15-5-2-3-6-16(15)14-23-11-8-21-19(26)17(23)13-18(25)20-9-12-24-10-4-7-22-24/h2-7,10,17H,8-9,11-14H2,1H3,(H,20,25)(H,21,26). The third-order valence-electron chi connectivity index (χ3n) is 4.68. The Morgan fingerprint density at radius 3 is 2.96 bits per heavy atom. The van der Waals surface area contributed by atoms with Crippen LogP contribution in [0, 0.1) is 6.92 Å². The van der Waals surface area contributed by atoms with Crippen LogP contribution in [-0.4, -0.2) is 52.2 Å². The molecule has 1 fully saturated rings. The van der Waals surface area contributed by atoms with Gasteiger partial charge in [0.2, 0.25) is 11.8 Å². The largest absolute Gasteiger partial charge is 0.354 e. The summed E-state index contributed by atoms with van der Waals surface area (Å²) in [7, 11) is 0. The number of nitrogens with zero attached hydrogens (tertiary/aromatic N) is 3. The molecule has 0 saturated carbocycles. The van der Waals surface area contributed by atoms with Gasteiger partial charge in [0.15, 0.2) is 0 Å². The Balaban J connectivity index is 1.56. The summed E-state index contributed by atoms with van der Waals surface area (Å²) in [4.78, 5) is 26.7. The van der Waals surface area contributed by atoms with E-state index >= 15 is 0 Å². The normalized spacial score (nSPS) is 17.7. The molecule has 0 radical (unpaired) electrons. The van der Waals surface area contributed by atoms with Gasteiger partial charge in [-0.1, -0.05) is 24.3 Å². The van der Waals surface area contributed by atoms with Gasteiger partial charge in [0.1, 0.15) is 0 Å². The summed E-state index contributed by atoms with van der Waals surface area (Å²) < 4.78 is 1.76. The van der Waals surface area contributed by atoms with Crippen LogP contribution in [0.15, 0.2) is 42.7 Å². The highest BCUT2D eigenvalue weighted by molar-refractivity contribution is 5.88. The molecule has 1 aromatic carbocycles. The van der Waals surface area contributed by atoms with Crippen molar-refractivity contribution in [1.29, 1.82) is 0 Å². The number of piperazine rings is 1. The summed E-state index contributed by atoms with van der Waals surface area (Å²) in [5.74, 6) is -0.193. The quantitative estimate of drug-likeness (QED) is 0.766. The summed E-state index contributed by atoms with van der Waals surface area (Å²) >= 11 is 0. The molecule has 1 saturated heterocycles. The first-order valence-electron chi connectivity index (χ1n) is 8.94. The van der Waals surface area contributed by atoms with Crippen LogP contribution in [0.5, 0.6) is 0 Å². The Hall–Kier alpha value is -2.67. The molecule has 2 heterocycles. The second-order valence-electron chi connectivity index (χ2n) is 6.53. The zero-order valence-electron chi connectivity index (χ0n) is 15.0. The maximum absolute atomic E-state index is 12.3. The lowest BCUT2D eigenvalue weighted by molar-refractivity contribution is -0.134. The minimum Gasteiger partial charge on any atom is -0.354 e. The number of hydrogen-bond acceptors (Lipinski definition) is 4. The Morgan fingerprint density at radius 1 is 1.35 bits per heavy atom. The number of carbonyl (C=O) groups excluding carboxylic acids is 2. The minimum absolute atomic E-state index is 0.0768. The molecular formula is C19H25N5O2. The van der Waals surface area contributed by atoms with Crippen LogP contribution in [-0.2, 0) is 22.7 Å². The van der Waals surface area contributed by atoms with Gasteiger partial charge in [-0.25, -0.2) is 0 Å². The van der Waals surface area contributed by atoms with E-state index in [1.54, 1.807) is 10.9 Å². The highest BCUT2D eigenvalue weighted by Gasteiger charge is 2.31. The molecule has 26 heavy (non-hydrogen) atoms. The summed E-state index contributed by atoms with van der Waals surface area (Å²) in [6, 6.07) is 9.56. The van der Waals surface area contributed by atoms with Gasteiger partial charge in [-0.15, -0.1) is 0 Å². The summed E-state index contributed by atoms with van der Waals surface area (Å²) in [6.07, 6.45) is 3.72. The number of carbonyl (C=O) groups is 2. The Kier molecular flexibility index (Phi) is 6.01. The van der Waals surface area contributed by atoms with Crippen molar-refractivity contribution in [3.8, 4) is 0 Å².